The monoisotopic (exact) mass is 285 g/mol. The van der Waals surface area contributed by atoms with E-state index in [0.717, 1.165) is 0 Å². The van der Waals surface area contributed by atoms with Gasteiger partial charge in [0.1, 0.15) is 5.54 Å². The lowest BCUT2D eigenvalue weighted by Gasteiger charge is -2.33. The highest BCUT2D eigenvalue weighted by Crippen LogP contribution is 2.24. The number of sulfone groups is 1. The maximum absolute atomic E-state index is 11.7. The highest BCUT2D eigenvalue weighted by atomic mass is 32.2. The Balaban J connectivity index is 3.10. The number of anilines is 1. The fraction of sp³-hybridized carbons (Fsp3) is 0.462. The van der Waals surface area contributed by atoms with Crippen LogP contribution in [-0.4, -0.2) is 37.8 Å². The van der Waals surface area contributed by atoms with E-state index in [-0.39, 0.29) is 10.6 Å². The molecule has 5 nitrogen and oxygen atoms in total. The summed E-state index contributed by atoms with van der Waals surface area (Å²) in [5, 5.41) is 9.16. The van der Waals surface area contributed by atoms with Crippen molar-refractivity contribution in [2.75, 3.05) is 17.7 Å². The SMILES string of the molecule is CCS(=O)(=O)c1ccc(N(C)C(C)(C)C(=O)O)cc1. The van der Waals surface area contributed by atoms with Gasteiger partial charge in [0.25, 0.3) is 0 Å². The number of carboxylic acid groups (broad SMARTS) is 1. The molecule has 0 radical (unpaired) electrons. The van der Waals surface area contributed by atoms with Crippen molar-refractivity contribution in [1.29, 1.82) is 0 Å². The fourth-order valence-corrected chi connectivity index (χ4v) is 2.39. The van der Waals surface area contributed by atoms with Gasteiger partial charge in [0.2, 0.25) is 0 Å². The van der Waals surface area contributed by atoms with Crippen LogP contribution in [0.1, 0.15) is 20.8 Å². The lowest BCUT2D eigenvalue weighted by molar-refractivity contribution is -0.142. The van der Waals surface area contributed by atoms with Gasteiger partial charge < -0.3 is 10.0 Å². The van der Waals surface area contributed by atoms with Crippen LogP contribution in [0.25, 0.3) is 0 Å². The van der Waals surface area contributed by atoms with E-state index >= 15 is 0 Å². The molecule has 1 aromatic rings. The smallest absolute Gasteiger partial charge is 0.328 e. The normalized spacial score (nSPS) is 12.2. The van der Waals surface area contributed by atoms with Gasteiger partial charge in [0.05, 0.1) is 10.6 Å². The summed E-state index contributed by atoms with van der Waals surface area (Å²) >= 11 is 0. The van der Waals surface area contributed by atoms with E-state index in [0.29, 0.717) is 5.69 Å². The Hall–Kier alpha value is -1.56. The van der Waals surface area contributed by atoms with E-state index in [1.54, 1.807) is 44.9 Å². The first-order chi connectivity index (χ1) is 8.63. The third-order valence-corrected chi connectivity index (χ3v) is 5.08. The molecule has 0 aromatic heterocycles. The minimum absolute atomic E-state index is 0.0444. The number of benzene rings is 1. The largest absolute Gasteiger partial charge is 0.480 e. The quantitative estimate of drug-likeness (QED) is 0.892. The van der Waals surface area contributed by atoms with Crippen molar-refractivity contribution in [2.45, 2.75) is 31.2 Å². The van der Waals surface area contributed by atoms with Gasteiger partial charge in [-0.3, -0.25) is 0 Å². The van der Waals surface area contributed by atoms with Gasteiger partial charge >= 0.3 is 5.97 Å². The van der Waals surface area contributed by atoms with E-state index in [9.17, 15) is 13.2 Å². The van der Waals surface area contributed by atoms with Gasteiger partial charge in [-0.25, -0.2) is 13.2 Å². The van der Waals surface area contributed by atoms with Crippen LogP contribution in [0, 0.1) is 0 Å². The highest BCUT2D eigenvalue weighted by molar-refractivity contribution is 7.91. The molecule has 1 rings (SSSR count). The zero-order valence-corrected chi connectivity index (χ0v) is 12.4. The van der Waals surface area contributed by atoms with Crippen molar-refractivity contribution in [3.05, 3.63) is 24.3 Å². The maximum atomic E-state index is 11.7. The minimum atomic E-state index is -3.23. The predicted octanol–water partition coefficient (Wildman–Crippen LogP) is 1.78. The number of carboxylic acids is 1. The minimum Gasteiger partial charge on any atom is -0.480 e. The average molecular weight is 285 g/mol. The number of nitrogens with zero attached hydrogens (tertiary/aromatic N) is 1. The molecule has 0 heterocycles. The van der Waals surface area contributed by atoms with Crippen molar-refractivity contribution in [3.8, 4) is 0 Å². The Morgan fingerprint density at radius 3 is 2.11 bits per heavy atom. The maximum Gasteiger partial charge on any atom is 0.328 e. The number of rotatable bonds is 5. The molecule has 19 heavy (non-hydrogen) atoms. The lowest BCUT2D eigenvalue weighted by Crippen LogP contribution is -2.48. The fourth-order valence-electron chi connectivity index (χ4n) is 1.51. The summed E-state index contributed by atoms with van der Waals surface area (Å²) in [6.45, 7) is 4.76. The number of hydrogen-bond acceptors (Lipinski definition) is 4. The van der Waals surface area contributed by atoms with Crippen molar-refractivity contribution >= 4 is 21.5 Å². The lowest BCUT2D eigenvalue weighted by atomic mass is 10.0. The topological polar surface area (TPSA) is 74.7 Å². The molecule has 106 valence electrons. The Morgan fingerprint density at radius 2 is 1.74 bits per heavy atom. The van der Waals surface area contributed by atoms with Crippen LogP contribution in [0.3, 0.4) is 0 Å². The molecule has 0 saturated carbocycles. The molecule has 1 N–H and O–H groups in total. The van der Waals surface area contributed by atoms with Crippen LogP contribution in [0.15, 0.2) is 29.2 Å². The van der Waals surface area contributed by atoms with E-state index in [1.165, 1.54) is 12.1 Å². The standard InChI is InChI=1S/C13H19NO4S/c1-5-19(17,18)11-8-6-10(7-9-11)14(4)13(2,3)12(15)16/h6-9H,5H2,1-4H3,(H,15,16). The molecule has 0 aliphatic heterocycles. The molecular weight excluding hydrogens is 266 g/mol. The number of hydrogen-bond donors (Lipinski definition) is 1. The first-order valence-electron chi connectivity index (χ1n) is 5.93. The molecule has 1 aromatic carbocycles. The van der Waals surface area contributed by atoms with Gasteiger partial charge in [0, 0.05) is 12.7 Å². The molecule has 0 bridgehead atoms. The van der Waals surface area contributed by atoms with Crippen LogP contribution in [0.4, 0.5) is 5.69 Å². The second-order valence-electron chi connectivity index (χ2n) is 4.82. The van der Waals surface area contributed by atoms with Crippen molar-refractivity contribution in [3.63, 3.8) is 0 Å². The molecule has 0 unspecified atom stereocenters. The zero-order valence-electron chi connectivity index (χ0n) is 11.5. The summed E-state index contributed by atoms with van der Waals surface area (Å²) in [6.07, 6.45) is 0. The second-order valence-corrected chi connectivity index (χ2v) is 7.10. The molecule has 0 saturated heterocycles. The van der Waals surface area contributed by atoms with Crippen LogP contribution in [-0.2, 0) is 14.6 Å². The third-order valence-electron chi connectivity index (χ3n) is 3.33. The average Bonchev–Trinajstić information content (AvgIpc) is 2.37. The molecule has 0 spiro atoms. The molecule has 6 heteroatoms. The summed E-state index contributed by atoms with van der Waals surface area (Å²) < 4.78 is 23.4. The Kier molecular flexibility index (Phi) is 4.25. The number of aliphatic carboxylic acids is 1. The Bertz CT molecular complexity index is 561. The summed E-state index contributed by atoms with van der Waals surface area (Å²) in [4.78, 5) is 13.0. The predicted molar refractivity (Wildman–Crippen MR) is 74.3 cm³/mol. The van der Waals surface area contributed by atoms with Gasteiger partial charge in [-0.1, -0.05) is 6.92 Å². The van der Waals surface area contributed by atoms with E-state index < -0.39 is 21.3 Å². The zero-order chi connectivity index (χ0) is 14.8. The van der Waals surface area contributed by atoms with Crippen LogP contribution in [0.5, 0.6) is 0 Å². The third kappa shape index (κ3) is 3.07. The van der Waals surface area contributed by atoms with Gasteiger partial charge in [-0.15, -0.1) is 0 Å². The molecule has 0 amide bonds. The van der Waals surface area contributed by atoms with Crippen molar-refractivity contribution in [1.82, 2.24) is 0 Å². The number of carbonyl (C=O) groups is 1. The van der Waals surface area contributed by atoms with Crippen molar-refractivity contribution in [2.24, 2.45) is 0 Å². The molecular formula is C13H19NO4S. The number of likely N-dealkylation sites (N-methyl/N-ethyl adjacent to an activating group) is 1. The van der Waals surface area contributed by atoms with Gasteiger partial charge in [-0.2, -0.15) is 0 Å². The first kappa shape index (κ1) is 15.5. The van der Waals surface area contributed by atoms with Gasteiger partial charge in [0.15, 0.2) is 9.84 Å². The molecule has 0 atom stereocenters. The Labute approximate surface area is 113 Å². The Morgan fingerprint density at radius 1 is 1.26 bits per heavy atom. The summed E-state index contributed by atoms with van der Waals surface area (Å²) in [5.74, 6) is -0.900. The second kappa shape index (κ2) is 5.21. The summed E-state index contributed by atoms with van der Waals surface area (Å²) in [5.41, 5.74) is -0.409. The van der Waals surface area contributed by atoms with Gasteiger partial charge in [-0.05, 0) is 38.1 Å². The van der Waals surface area contributed by atoms with Crippen LogP contribution in [0.2, 0.25) is 0 Å². The van der Waals surface area contributed by atoms with Crippen LogP contribution >= 0.6 is 0 Å². The van der Waals surface area contributed by atoms with E-state index in [2.05, 4.69) is 0 Å². The first-order valence-corrected chi connectivity index (χ1v) is 7.58. The van der Waals surface area contributed by atoms with E-state index in [1.807, 2.05) is 0 Å². The van der Waals surface area contributed by atoms with Crippen LogP contribution < -0.4 is 4.90 Å². The van der Waals surface area contributed by atoms with Crippen molar-refractivity contribution < 1.29 is 18.3 Å². The highest BCUT2D eigenvalue weighted by Gasteiger charge is 2.32. The summed E-state index contributed by atoms with van der Waals surface area (Å²) in [6, 6.07) is 6.24. The molecule has 0 aliphatic carbocycles. The van der Waals surface area contributed by atoms with E-state index in [4.69, 9.17) is 5.11 Å². The molecule has 0 aliphatic rings. The summed E-state index contributed by atoms with van der Waals surface area (Å²) in [7, 11) is -1.56. The molecule has 0 fully saturated rings.